The van der Waals surface area contributed by atoms with E-state index < -0.39 is 0 Å². The summed E-state index contributed by atoms with van der Waals surface area (Å²) >= 11 is 3.56. The second-order valence-corrected chi connectivity index (χ2v) is 6.32. The molecule has 0 aromatic heterocycles. The van der Waals surface area contributed by atoms with Crippen LogP contribution in [0.3, 0.4) is 0 Å². The summed E-state index contributed by atoms with van der Waals surface area (Å²) in [5.41, 5.74) is 3.10. The predicted molar refractivity (Wildman–Crippen MR) is 80.4 cm³/mol. The maximum atomic E-state index is 3.56. The van der Waals surface area contributed by atoms with Crippen LogP contribution in [0.25, 0.3) is 10.8 Å². The highest BCUT2D eigenvalue weighted by molar-refractivity contribution is 9.10. The van der Waals surface area contributed by atoms with Gasteiger partial charge in [0, 0.05) is 15.6 Å². The topological polar surface area (TPSA) is 0 Å². The molecule has 3 heteroatoms. The van der Waals surface area contributed by atoms with E-state index in [1.807, 2.05) is 0 Å². The summed E-state index contributed by atoms with van der Waals surface area (Å²) in [7, 11) is 0. The zero-order valence-electron chi connectivity index (χ0n) is 11.4. The third-order valence-electron chi connectivity index (χ3n) is 4.47. The standard InChI is InChI=1S/C16H19BrN.BrH/c1-3-18(4-2)10-14-7-12-5-6-16(17)9-13(12)8-15(14)11-18;/h5-9H,3-4,10-11H2,1-2H3;1H/q+1;/p-1. The van der Waals surface area contributed by atoms with Crippen LogP contribution in [0.15, 0.2) is 34.8 Å². The molecular weight excluding hydrogens is 366 g/mol. The minimum Gasteiger partial charge on any atom is -1.00 e. The molecule has 0 aliphatic carbocycles. The fourth-order valence-corrected chi connectivity index (χ4v) is 3.49. The van der Waals surface area contributed by atoms with E-state index in [1.54, 1.807) is 11.1 Å². The van der Waals surface area contributed by atoms with Crippen LogP contribution in [0, 0.1) is 0 Å². The number of fused-ring (bicyclic) bond motifs is 2. The third kappa shape index (κ3) is 2.61. The first-order valence-electron chi connectivity index (χ1n) is 6.72. The molecule has 3 rings (SSSR count). The number of hydrogen-bond acceptors (Lipinski definition) is 0. The van der Waals surface area contributed by atoms with Crippen LogP contribution in [-0.2, 0) is 13.1 Å². The Morgan fingerprint density at radius 3 is 2.11 bits per heavy atom. The average Bonchev–Trinajstić information content (AvgIpc) is 2.74. The Morgan fingerprint density at radius 1 is 0.947 bits per heavy atom. The van der Waals surface area contributed by atoms with Crippen molar-refractivity contribution in [2.45, 2.75) is 26.9 Å². The minimum absolute atomic E-state index is 0. The van der Waals surface area contributed by atoms with E-state index in [9.17, 15) is 0 Å². The van der Waals surface area contributed by atoms with E-state index in [-0.39, 0.29) is 17.0 Å². The summed E-state index contributed by atoms with van der Waals surface area (Å²) in [5.74, 6) is 0. The lowest BCUT2D eigenvalue weighted by atomic mass is 10.0. The Balaban J connectivity index is 0.00000133. The van der Waals surface area contributed by atoms with Crippen molar-refractivity contribution in [3.05, 3.63) is 45.9 Å². The van der Waals surface area contributed by atoms with Crippen molar-refractivity contribution in [1.82, 2.24) is 0 Å². The van der Waals surface area contributed by atoms with Crippen molar-refractivity contribution in [3.8, 4) is 0 Å². The molecule has 0 saturated heterocycles. The van der Waals surface area contributed by atoms with Gasteiger partial charge < -0.3 is 21.5 Å². The molecule has 0 atom stereocenters. The molecular formula is C16H19Br2N. The van der Waals surface area contributed by atoms with Gasteiger partial charge in [-0.3, -0.25) is 0 Å². The second-order valence-electron chi connectivity index (χ2n) is 5.40. The predicted octanol–water partition coefficient (Wildman–Crippen LogP) is 1.48. The van der Waals surface area contributed by atoms with Crippen LogP contribution in [0.1, 0.15) is 25.0 Å². The smallest absolute Gasteiger partial charge is 0.105 e. The summed E-state index contributed by atoms with van der Waals surface area (Å²) in [4.78, 5) is 0. The van der Waals surface area contributed by atoms with Gasteiger partial charge in [-0.1, -0.05) is 22.0 Å². The molecule has 2 aromatic carbocycles. The number of nitrogens with zero attached hydrogens (tertiary/aromatic N) is 1. The van der Waals surface area contributed by atoms with Gasteiger partial charge >= 0.3 is 0 Å². The number of hydrogen-bond donors (Lipinski definition) is 0. The van der Waals surface area contributed by atoms with Crippen LogP contribution >= 0.6 is 15.9 Å². The lowest BCUT2D eigenvalue weighted by Crippen LogP contribution is -3.00. The molecule has 102 valence electrons. The van der Waals surface area contributed by atoms with E-state index in [1.165, 1.54) is 45.9 Å². The number of quaternary nitrogens is 1. The van der Waals surface area contributed by atoms with Crippen molar-refractivity contribution in [2.75, 3.05) is 13.1 Å². The summed E-state index contributed by atoms with van der Waals surface area (Å²) in [5, 5.41) is 2.72. The first kappa shape index (κ1) is 15.0. The molecule has 0 unspecified atom stereocenters. The monoisotopic (exact) mass is 383 g/mol. The first-order chi connectivity index (χ1) is 8.65. The molecule has 2 aromatic rings. The van der Waals surface area contributed by atoms with Gasteiger partial charge in [0.25, 0.3) is 0 Å². The molecule has 0 bridgehead atoms. The van der Waals surface area contributed by atoms with Gasteiger partial charge in [0.15, 0.2) is 0 Å². The van der Waals surface area contributed by atoms with E-state index >= 15 is 0 Å². The van der Waals surface area contributed by atoms with Gasteiger partial charge in [-0.05, 0) is 48.9 Å². The van der Waals surface area contributed by atoms with Crippen LogP contribution in [-0.4, -0.2) is 17.6 Å². The zero-order valence-corrected chi connectivity index (χ0v) is 14.6. The molecule has 19 heavy (non-hydrogen) atoms. The Kier molecular flexibility index (Phi) is 4.38. The van der Waals surface area contributed by atoms with Crippen LogP contribution in [0.4, 0.5) is 0 Å². The van der Waals surface area contributed by atoms with Crippen LogP contribution in [0.2, 0.25) is 0 Å². The summed E-state index contributed by atoms with van der Waals surface area (Å²) in [6.07, 6.45) is 0. The second kappa shape index (κ2) is 5.55. The summed E-state index contributed by atoms with van der Waals surface area (Å²) in [6.45, 7) is 9.48. The van der Waals surface area contributed by atoms with Crippen molar-refractivity contribution in [1.29, 1.82) is 0 Å². The van der Waals surface area contributed by atoms with Crippen LogP contribution < -0.4 is 17.0 Å². The minimum atomic E-state index is 0. The van der Waals surface area contributed by atoms with E-state index in [0.29, 0.717) is 0 Å². The van der Waals surface area contributed by atoms with E-state index in [0.717, 1.165) is 0 Å². The van der Waals surface area contributed by atoms with Gasteiger partial charge in [0.05, 0.1) is 13.1 Å². The molecule has 1 nitrogen and oxygen atoms in total. The molecule has 0 N–H and O–H groups in total. The van der Waals surface area contributed by atoms with Gasteiger partial charge in [-0.15, -0.1) is 0 Å². The van der Waals surface area contributed by atoms with Crippen molar-refractivity contribution in [2.24, 2.45) is 0 Å². The largest absolute Gasteiger partial charge is 1.00 e. The highest BCUT2D eigenvalue weighted by Gasteiger charge is 2.32. The molecule has 1 aliphatic rings. The lowest BCUT2D eigenvalue weighted by Gasteiger charge is -2.31. The summed E-state index contributed by atoms with van der Waals surface area (Å²) in [6, 6.07) is 11.3. The average molecular weight is 385 g/mol. The molecule has 1 heterocycles. The number of benzene rings is 2. The molecule has 0 spiro atoms. The maximum Gasteiger partial charge on any atom is 0.105 e. The van der Waals surface area contributed by atoms with E-state index in [2.05, 4.69) is 60.1 Å². The maximum absolute atomic E-state index is 3.56. The fourth-order valence-electron chi connectivity index (χ4n) is 3.11. The highest BCUT2D eigenvalue weighted by Crippen LogP contribution is 2.33. The van der Waals surface area contributed by atoms with Gasteiger partial charge in [-0.25, -0.2) is 0 Å². The molecule has 0 amide bonds. The quantitative estimate of drug-likeness (QED) is 0.688. The van der Waals surface area contributed by atoms with Crippen molar-refractivity contribution < 1.29 is 21.5 Å². The Bertz CT molecular complexity index is 603. The SMILES string of the molecule is CC[N+]1(CC)Cc2cc3ccc(Br)cc3cc2C1.[Br-]. The zero-order chi connectivity index (χ0) is 12.8. The van der Waals surface area contributed by atoms with Gasteiger partial charge in [0.2, 0.25) is 0 Å². The Morgan fingerprint density at radius 2 is 1.53 bits per heavy atom. The number of halogens is 2. The van der Waals surface area contributed by atoms with Crippen molar-refractivity contribution >= 4 is 26.7 Å². The van der Waals surface area contributed by atoms with Gasteiger partial charge in [-0.2, -0.15) is 0 Å². The van der Waals surface area contributed by atoms with Crippen molar-refractivity contribution in [3.63, 3.8) is 0 Å². The molecule has 0 fully saturated rings. The molecule has 1 aliphatic heterocycles. The van der Waals surface area contributed by atoms with Crippen LogP contribution in [0.5, 0.6) is 0 Å². The molecule has 0 saturated carbocycles. The third-order valence-corrected chi connectivity index (χ3v) is 4.97. The normalized spacial score (nSPS) is 16.2. The highest BCUT2D eigenvalue weighted by atomic mass is 79.9. The van der Waals surface area contributed by atoms with Gasteiger partial charge in [0.1, 0.15) is 13.1 Å². The fraction of sp³-hybridized carbons (Fsp3) is 0.375. The Labute approximate surface area is 134 Å². The first-order valence-corrected chi connectivity index (χ1v) is 7.51. The molecule has 0 radical (unpaired) electrons. The lowest BCUT2D eigenvalue weighted by molar-refractivity contribution is -0.944. The van der Waals surface area contributed by atoms with E-state index in [4.69, 9.17) is 0 Å². The Hall–Kier alpha value is -0.380. The summed E-state index contributed by atoms with van der Waals surface area (Å²) < 4.78 is 2.38. The number of rotatable bonds is 2.